The van der Waals surface area contributed by atoms with Gasteiger partial charge in [-0.2, -0.15) is 4.99 Å². The van der Waals surface area contributed by atoms with E-state index in [9.17, 15) is 15.0 Å². The van der Waals surface area contributed by atoms with E-state index in [2.05, 4.69) is 0 Å². The van der Waals surface area contributed by atoms with E-state index in [0.29, 0.717) is 11.1 Å². The van der Waals surface area contributed by atoms with Crippen LogP contribution >= 0.6 is 7.26 Å². The highest BCUT2D eigenvalue weighted by Crippen LogP contribution is 2.59. The van der Waals surface area contributed by atoms with E-state index in [0.717, 1.165) is 22.2 Å². The minimum Gasteiger partial charge on any atom is -0.515 e. The first kappa shape index (κ1) is 22.7. The molecule has 1 unspecified atom stereocenters. The van der Waals surface area contributed by atoms with Gasteiger partial charge in [-0.1, -0.05) is 72.8 Å². The van der Waals surface area contributed by atoms with Crippen molar-refractivity contribution in [3.8, 4) is 0 Å². The number of benzene rings is 4. The van der Waals surface area contributed by atoms with Gasteiger partial charge in [0.1, 0.15) is 21.5 Å². The highest BCUT2D eigenvalue weighted by atomic mass is 31.2. The predicted molar refractivity (Wildman–Crippen MR) is 143 cm³/mol. The maximum absolute atomic E-state index is 13.8. The summed E-state index contributed by atoms with van der Waals surface area (Å²) < 4.78 is 0. The van der Waals surface area contributed by atoms with Crippen LogP contribution in [-0.2, 0) is 4.79 Å². The van der Waals surface area contributed by atoms with Crippen LogP contribution < -0.4 is 20.8 Å². The molecule has 35 heavy (non-hydrogen) atoms. The minimum absolute atomic E-state index is 0.0593. The molecule has 1 heterocycles. The maximum atomic E-state index is 13.8. The van der Waals surface area contributed by atoms with Gasteiger partial charge in [0, 0.05) is 5.69 Å². The number of aliphatic hydroxyl groups excluding tert-OH is 2. The molecule has 0 fully saturated rings. The second-order valence-corrected chi connectivity index (χ2v) is 11.3. The lowest BCUT2D eigenvalue weighted by atomic mass is 10.2. The molecule has 1 amide bonds. The lowest BCUT2D eigenvalue weighted by molar-refractivity contribution is -0.116. The SMILES string of the molecule is O=C1C(=CO)C([P+](c2ccccc2)(c2ccccc2)c2ccccc2)=NC(O)N1c1ccccc1. The number of carbonyl (C=O) groups excluding carboxylic acids is 1. The number of carbonyl (C=O) groups is 1. The van der Waals surface area contributed by atoms with Crippen LogP contribution in [0.4, 0.5) is 5.69 Å². The zero-order chi connectivity index (χ0) is 24.3. The van der Waals surface area contributed by atoms with Gasteiger partial charge in [-0.05, 0) is 48.5 Å². The van der Waals surface area contributed by atoms with Crippen LogP contribution in [0.2, 0.25) is 0 Å². The Morgan fingerprint density at radius 3 is 1.49 bits per heavy atom. The fourth-order valence-electron chi connectivity index (χ4n) is 4.56. The van der Waals surface area contributed by atoms with E-state index in [1.165, 1.54) is 4.90 Å². The summed E-state index contributed by atoms with van der Waals surface area (Å²) in [5, 5.41) is 24.5. The van der Waals surface area contributed by atoms with Crippen LogP contribution in [0.25, 0.3) is 0 Å². The summed E-state index contributed by atoms with van der Waals surface area (Å²) in [4.78, 5) is 19.7. The number of rotatable bonds is 5. The van der Waals surface area contributed by atoms with Crippen molar-refractivity contribution < 1.29 is 15.0 Å². The van der Waals surface area contributed by atoms with E-state index >= 15 is 0 Å². The number of aliphatic hydroxyl groups is 2. The number of hydrogen-bond acceptors (Lipinski definition) is 4. The van der Waals surface area contributed by atoms with Gasteiger partial charge in [-0.25, -0.2) is 0 Å². The molecular formula is C29H24N2O3P+. The average molecular weight is 479 g/mol. The minimum atomic E-state index is -2.78. The van der Waals surface area contributed by atoms with Crippen molar-refractivity contribution in [2.75, 3.05) is 4.90 Å². The number of aliphatic imine (C=N–C) groups is 1. The molecule has 6 heteroatoms. The average Bonchev–Trinajstić information content (AvgIpc) is 2.92. The Balaban J connectivity index is 1.85. The fourth-order valence-corrected chi connectivity index (χ4v) is 8.83. The van der Waals surface area contributed by atoms with E-state index in [-0.39, 0.29) is 5.57 Å². The zero-order valence-electron chi connectivity index (χ0n) is 18.8. The molecule has 4 aromatic rings. The number of hydrogen-bond donors (Lipinski definition) is 2. The molecule has 0 saturated heterocycles. The van der Waals surface area contributed by atoms with Gasteiger partial charge in [0.2, 0.25) is 11.8 Å². The summed E-state index contributed by atoms with van der Waals surface area (Å²) >= 11 is 0. The van der Waals surface area contributed by atoms with E-state index in [1.807, 2.05) is 97.1 Å². The quantitative estimate of drug-likeness (QED) is 0.257. The largest absolute Gasteiger partial charge is 0.515 e. The zero-order valence-corrected chi connectivity index (χ0v) is 19.7. The van der Waals surface area contributed by atoms with Gasteiger partial charge < -0.3 is 10.2 Å². The van der Waals surface area contributed by atoms with Gasteiger partial charge in [0.05, 0.1) is 6.26 Å². The van der Waals surface area contributed by atoms with Crippen molar-refractivity contribution in [3.05, 3.63) is 133 Å². The van der Waals surface area contributed by atoms with Crippen LogP contribution in [0.5, 0.6) is 0 Å². The first-order valence-corrected chi connectivity index (χ1v) is 13.0. The molecule has 1 atom stereocenters. The van der Waals surface area contributed by atoms with Gasteiger partial charge in [0.25, 0.3) is 5.91 Å². The lowest BCUT2D eigenvalue weighted by Gasteiger charge is -2.35. The maximum Gasteiger partial charge on any atom is 0.270 e. The summed E-state index contributed by atoms with van der Waals surface area (Å²) in [6, 6.07) is 38.5. The second-order valence-electron chi connectivity index (χ2n) is 8.03. The molecule has 0 saturated carbocycles. The van der Waals surface area contributed by atoms with E-state index < -0.39 is 19.5 Å². The van der Waals surface area contributed by atoms with E-state index in [4.69, 9.17) is 4.99 Å². The first-order chi connectivity index (χ1) is 17.2. The third kappa shape index (κ3) is 3.85. The molecule has 0 radical (unpaired) electrons. The molecule has 1 aliphatic rings. The molecule has 1 aliphatic heterocycles. The van der Waals surface area contributed by atoms with Gasteiger partial charge in [-0.3, -0.25) is 9.69 Å². The molecule has 5 nitrogen and oxygen atoms in total. The lowest BCUT2D eigenvalue weighted by Crippen LogP contribution is -2.49. The second kappa shape index (κ2) is 9.67. The van der Waals surface area contributed by atoms with Crippen molar-refractivity contribution in [1.82, 2.24) is 0 Å². The normalized spacial score (nSPS) is 17.3. The first-order valence-electron chi connectivity index (χ1n) is 11.2. The highest BCUT2D eigenvalue weighted by Gasteiger charge is 2.56. The molecule has 0 bridgehead atoms. The van der Waals surface area contributed by atoms with E-state index in [1.54, 1.807) is 24.3 Å². The molecule has 0 aliphatic carbocycles. The monoisotopic (exact) mass is 479 g/mol. The van der Waals surface area contributed by atoms with Crippen LogP contribution in [0, 0.1) is 0 Å². The predicted octanol–water partition coefficient (Wildman–Crippen LogP) is 4.14. The molecule has 5 rings (SSSR count). The Morgan fingerprint density at radius 2 is 1.09 bits per heavy atom. The molecular weight excluding hydrogens is 455 g/mol. The third-order valence-electron chi connectivity index (χ3n) is 6.07. The van der Waals surface area contributed by atoms with Crippen molar-refractivity contribution in [1.29, 1.82) is 0 Å². The fraction of sp³-hybridized carbons (Fsp3) is 0.0345. The van der Waals surface area contributed by atoms with Gasteiger partial charge in [0.15, 0.2) is 7.26 Å². The summed E-state index contributed by atoms with van der Waals surface area (Å²) in [5.74, 6) is -0.511. The van der Waals surface area contributed by atoms with Crippen molar-refractivity contribution in [2.24, 2.45) is 4.99 Å². The molecule has 0 spiro atoms. The molecule has 2 N–H and O–H groups in total. The number of amides is 1. The van der Waals surface area contributed by atoms with Crippen LogP contribution in [0.1, 0.15) is 0 Å². The Labute approximate surface area is 204 Å². The van der Waals surface area contributed by atoms with Crippen LogP contribution in [0.15, 0.2) is 138 Å². The van der Waals surface area contributed by atoms with Crippen molar-refractivity contribution >= 4 is 40.2 Å². The molecule has 172 valence electrons. The van der Waals surface area contributed by atoms with Crippen molar-refractivity contribution in [2.45, 2.75) is 6.35 Å². The van der Waals surface area contributed by atoms with Gasteiger partial charge >= 0.3 is 0 Å². The Morgan fingerprint density at radius 1 is 0.686 bits per heavy atom. The Kier molecular flexibility index (Phi) is 6.28. The standard InChI is InChI=1S/C29H23N2O3P/c32-21-26-27(30-29(34)31(28(26)33)22-13-5-1-6-14-22)35(23-15-7-2-8-16-23,24-17-9-3-10-18-24)25-19-11-4-12-20-25/h1-21,29,34H/p+1. The molecule has 0 aromatic heterocycles. The Hall–Kier alpha value is -4.05. The highest BCUT2D eigenvalue weighted by molar-refractivity contribution is 8.09. The third-order valence-corrected chi connectivity index (χ3v) is 10.3. The topological polar surface area (TPSA) is 73.1 Å². The van der Waals surface area contributed by atoms with Crippen LogP contribution in [-0.4, -0.2) is 27.9 Å². The Bertz CT molecular complexity index is 1280. The summed E-state index contributed by atoms with van der Waals surface area (Å²) in [6.07, 6.45) is -0.619. The summed E-state index contributed by atoms with van der Waals surface area (Å²) in [5.41, 5.74) is 0.938. The number of anilines is 1. The summed E-state index contributed by atoms with van der Waals surface area (Å²) in [7, 11) is -2.78. The number of para-hydroxylation sites is 1. The summed E-state index contributed by atoms with van der Waals surface area (Å²) in [6.45, 7) is 0. The molecule has 4 aromatic carbocycles. The van der Waals surface area contributed by atoms with Gasteiger partial charge in [-0.15, -0.1) is 0 Å². The number of nitrogens with zero attached hydrogens (tertiary/aromatic N) is 2. The van der Waals surface area contributed by atoms with Crippen LogP contribution in [0.3, 0.4) is 0 Å². The van der Waals surface area contributed by atoms with Crippen molar-refractivity contribution in [3.63, 3.8) is 0 Å². The smallest absolute Gasteiger partial charge is 0.270 e.